The lowest BCUT2D eigenvalue weighted by Gasteiger charge is -2.29. The zero-order valence-electron chi connectivity index (χ0n) is 16.1. The Labute approximate surface area is 151 Å². The number of amides is 2. The first-order valence-electron chi connectivity index (χ1n) is 8.92. The Morgan fingerprint density at radius 2 is 1.92 bits per heavy atom. The van der Waals surface area contributed by atoms with Crippen LogP contribution in [0.5, 0.6) is 0 Å². The van der Waals surface area contributed by atoms with Crippen molar-refractivity contribution in [3.05, 3.63) is 35.4 Å². The molecule has 1 aliphatic heterocycles. The van der Waals surface area contributed by atoms with Crippen LogP contribution in [0.2, 0.25) is 0 Å². The van der Waals surface area contributed by atoms with E-state index in [4.69, 9.17) is 0 Å². The minimum absolute atomic E-state index is 0.00333. The first-order valence-corrected chi connectivity index (χ1v) is 8.92. The van der Waals surface area contributed by atoms with Crippen molar-refractivity contribution in [3.63, 3.8) is 0 Å². The summed E-state index contributed by atoms with van der Waals surface area (Å²) < 4.78 is 0. The smallest absolute Gasteiger partial charge is 0.225 e. The van der Waals surface area contributed by atoms with Crippen molar-refractivity contribution >= 4 is 11.8 Å². The topological polar surface area (TPSA) is 52.7 Å². The van der Waals surface area contributed by atoms with E-state index in [0.717, 1.165) is 12.1 Å². The molecular weight excluding hydrogens is 314 g/mol. The Kier molecular flexibility index (Phi) is 6.22. The lowest BCUT2D eigenvalue weighted by atomic mass is 9.92. The maximum absolute atomic E-state index is 12.5. The van der Waals surface area contributed by atoms with Gasteiger partial charge in [0.15, 0.2) is 0 Å². The Bertz CT molecular complexity index is 608. The monoisotopic (exact) mass is 345 g/mol. The fourth-order valence-electron chi connectivity index (χ4n) is 3.40. The molecule has 1 aromatic carbocycles. The van der Waals surface area contributed by atoms with Crippen LogP contribution in [0.1, 0.15) is 31.4 Å². The van der Waals surface area contributed by atoms with Gasteiger partial charge in [-0.1, -0.05) is 43.7 Å². The number of carbonyl (C=O) groups is 2. The fourth-order valence-corrected chi connectivity index (χ4v) is 3.40. The Hall–Kier alpha value is -1.88. The Balaban J connectivity index is 1.86. The molecule has 138 valence electrons. The van der Waals surface area contributed by atoms with Gasteiger partial charge in [-0.15, -0.1) is 0 Å². The normalized spacial score (nSPS) is 18.1. The van der Waals surface area contributed by atoms with Gasteiger partial charge in [0.25, 0.3) is 0 Å². The molecule has 1 fully saturated rings. The molecule has 1 heterocycles. The molecule has 0 spiro atoms. The number of likely N-dealkylation sites (tertiary alicyclic amines) is 1. The third-order valence-electron chi connectivity index (χ3n) is 4.56. The number of nitrogens with one attached hydrogen (secondary N) is 1. The van der Waals surface area contributed by atoms with Gasteiger partial charge >= 0.3 is 0 Å². The van der Waals surface area contributed by atoms with E-state index in [2.05, 4.69) is 24.1 Å². The van der Waals surface area contributed by atoms with Gasteiger partial charge in [0, 0.05) is 32.6 Å². The zero-order valence-corrected chi connectivity index (χ0v) is 16.1. The van der Waals surface area contributed by atoms with E-state index in [9.17, 15) is 9.59 Å². The van der Waals surface area contributed by atoms with E-state index in [1.54, 1.807) is 4.90 Å². The number of hydrogen-bond acceptors (Lipinski definition) is 3. The predicted octanol–water partition coefficient (Wildman–Crippen LogP) is 2.05. The number of benzene rings is 1. The van der Waals surface area contributed by atoms with Crippen LogP contribution in [-0.2, 0) is 16.1 Å². The van der Waals surface area contributed by atoms with Crippen molar-refractivity contribution < 1.29 is 9.59 Å². The third kappa shape index (κ3) is 5.85. The SMILES string of the molecule is Cc1ccc(CN2C[C@@H](C(=O)NCC(C)(C)CN(C)C)CC2=O)cc1. The van der Waals surface area contributed by atoms with E-state index in [1.807, 2.05) is 45.3 Å². The molecule has 1 atom stereocenters. The van der Waals surface area contributed by atoms with Crippen molar-refractivity contribution in [3.8, 4) is 0 Å². The summed E-state index contributed by atoms with van der Waals surface area (Å²) in [6, 6.07) is 8.18. The third-order valence-corrected chi connectivity index (χ3v) is 4.56. The highest BCUT2D eigenvalue weighted by Crippen LogP contribution is 2.21. The molecule has 1 aromatic rings. The summed E-state index contributed by atoms with van der Waals surface area (Å²) >= 11 is 0. The molecule has 0 saturated carbocycles. The predicted molar refractivity (Wildman–Crippen MR) is 100 cm³/mol. The summed E-state index contributed by atoms with van der Waals surface area (Å²) in [5.41, 5.74) is 2.31. The molecule has 1 aliphatic rings. The van der Waals surface area contributed by atoms with Gasteiger partial charge in [0.1, 0.15) is 0 Å². The molecule has 25 heavy (non-hydrogen) atoms. The highest BCUT2D eigenvalue weighted by molar-refractivity contribution is 5.89. The maximum Gasteiger partial charge on any atom is 0.225 e. The minimum Gasteiger partial charge on any atom is -0.355 e. The molecule has 5 nitrogen and oxygen atoms in total. The van der Waals surface area contributed by atoms with Crippen molar-refractivity contribution in [2.24, 2.45) is 11.3 Å². The lowest BCUT2D eigenvalue weighted by Crippen LogP contribution is -2.42. The van der Waals surface area contributed by atoms with Gasteiger partial charge in [-0.3, -0.25) is 9.59 Å². The van der Waals surface area contributed by atoms with Crippen LogP contribution >= 0.6 is 0 Å². The zero-order chi connectivity index (χ0) is 18.6. The summed E-state index contributed by atoms with van der Waals surface area (Å²) in [7, 11) is 4.06. The molecule has 2 rings (SSSR count). The second kappa shape index (κ2) is 8.00. The van der Waals surface area contributed by atoms with Gasteiger partial charge in [-0.25, -0.2) is 0 Å². The molecule has 0 radical (unpaired) electrons. The highest BCUT2D eigenvalue weighted by Gasteiger charge is 2.34. The quantitative estimate of drug-likeness (QED) is 0.823. The van der Waals surface area contributed by atoms with Crippen LogP contribution < -0.4 is 5.32 Å². The van der Waals surface area contributed by atoms with Crippen LogP contribution in [0.4, 0.5) is 0 Å². The molecule has 0 bridgehead atoms. The molecule has 1 saturated heterocycles. The molecule has 0 aromatic heterocycles. The van der Waals surface area contributed by atoms with Crippen molar-refractivity contribution in [1.82, 2.24) is 15.1 Å². The van der Waals surface area contributed by atoms with E-state index in [-0.39, 0.29) is 23.1 Å². The molecule has 0 unspecified atom stereocenters. The summed E-state index contributed by atoms with van der Waals surface area (Å²) in [6.07, 6.45) is 0.311. The van der Waals surface area contributed by atoms with Gasteiger partial charge < -0.3 is 15.1 Å². The first kappa shape index (κ1) is 19.4. The Morgan fingerprint density at radius 3 is 2.52 bits per heavy atom. The number of carbonyl (C=O) groups excluding carboxylic acids is 2. The minimum atomic E-state index is -0.242. The maximum atomic E-state index is 12.5. The van der Waals surface area contributed by atoms with Crippen LogP contribution in [0, 0.1) is 18.3 Å². The van der Waals surface area contributed by atoms with E-state index in [0.29, 0.717) is 26.1 Å². The molecule has 0 aliphatic carbocycles. The standard InChI is InChI=1S/C20H31N3O2/c1-15-6-8-16(9-7-15)11-23-12-17(10-18(23)24)19(25)21-13-20(2,3)14-22(4)5/h6-9,17H,10-14H2,1-5H3,(H,21,25)/t17-/m0/s1. The van der Waals surface area contributed by atoms with Gasteiger partial charge in [-0.05, 0) is 32.0 Å². The summed E-state index contributed by atoms with van der Waals surface area (Å²) in [5, 5.41) is 3.04. The largest absolute Gasteiger partial charge is 0.355 e. The van der Waals surface area contributed by atoms with E-state index in [1.165, 1.54) is 5.56 Å². The molecule has 1 N–H and O–H groups in total. The first-order chi connectivity index (χ1) is 11.7. The molecule has 2 amide bonds. The number of hydrogen-bond donors (Lipinski definition) is 1. The average Bonchev–Trinajstić information content (AvgIpc) is 2.87. The summed E-state index contributed by atoms with van der Waals surface area (Å²) in [4.78, 5) is 28.6. The van der Waals surface area contributed by atoms with Crippen molar-refractivity contribution in [2.45, 2.75) is 33.7 Å². The fraction of sp³-hybridized carbons (Fsp3) is 0.600. The second-order valence-corrected chi connectivity index (χ2v) is 8.28. The van der Waals surface area contributed by atoms with Crippen LogP contribution in [-0.4, -0.2) is 55.3 Å². The van der Waals surface area contributed by atoms with Crippen LogP contribution in [0.3, 0.4) is 0 Å². The molecule has 5 heteroatoms. The van der Waals surface area contributed by atoms with E-state index < -0.39 is 0 Å². The average molecular weight is 345 g/mol. The van der Waals surface area contributed by atoms with Gasteiger partial charge in [-0.2, -0.15) is 0 Å². The number of rotatable bonds is 7. The van der Waals surface area contributed by atoms with Crippen molar-refractivity contribution in [2.75, 3.05) is 33.7 Å². The second-order valence-electron chi connectivity index (χ2n) is 8.28. The summed E-state index contributed by atoms with van der Waals surface area (Å²) in [5.74, 6) is -0.187. The lowest BCUT2D eigenvalue weighted by molar-refractivity contribution is -0.129. The van der Waals surface area contributed by atoms with Crippen LogP contribution in [0.15, 0.2) is 24.3 Å². The molecular formula is C20H31N3O2. The van der Waals surface area contributed by atoms with Crippen molar-refractivity contribution in [1.29, 1.82) is 0 Å². The van der Waals surface area contributed by atoms with Gasteiger partial charge in [0.05, 0.1) is 5.92 Å². The highest BCUT2D eigenvalue weighted by atomic mass is 16.2. The Morgan fingerprint density at radius 1 is 1.28 bits per heavy atom. The van der Waals surface area contributed by atoms with Gasteiger partial charge in [0.2, 0.25) is 11.8 Å². The summed E-state index contributed by atoms with van der Waals surface area (Å²) in [6.45, 7) is 8.92. The number of nitrogens with zero attached hydrogens (tertiary/aromatic N) is 2. The van der Waals surface area contributed by atoms with E-state index >= 15 is 0 Å². The number of aryl methyl sites for hydroxylation is 1. The van der Waals surface area contributed by atoms with Crippen LogP contribution in [0.25, 0.3) is 0 Å².